The van der Waals surface area contributed by atoms with Crippen molar-refractivity contribution >= 4 is 5.97 Å². The Kier molecular flexibility index (Phi) is 3.65. The maximum atomic E-state index is 9.64. The molecular formula is C3H5KO3. The van der Waals surface area contributed by atoms with Crippen molar-refractivity contribution in [3.05, 3.63) is 0 Å². The van der Waals surface area contributed by atoms with E-state index in [1.165, 1.54) is 0 Å². The maximum Gasteiger partial charge on any atom is 1.00 e. The number of hydrogen-bond acceptors (Lipinski definition) is 2. The van der Waals surface area contributed by atoms with E-state index in [2.05, 4.69) is 4.74 Å². The molecule has 0 aromatic carbocycles. The molecule has 0 aromatic heterocycles. The second-order valence-corrected chi connectivity index (χ2v) is 1.16. The third kappa shape index (κ3) is 2.79. The Bertz CT molecular complexity index is 82.6. The van der Waals surface area contributed by atoms with E-state index in [4.69, 9.17) is 5.11 Å². The van der Waals surface area contributed by atoms with Crippen molar-refractivity contribution in [1.29, 1.82) is 0 Å². The molecule has 1 aliphatic rings. The first-order chi connectivity index (χ1) is 2.80. The molecule has 0 unspecified atom stereocenters. The molecule has 0 aliphatic carbocycles. The summed E-state index contributed by atoms with van der Waals surface area (Å²) in [7, 11) is 0. The molecule has 0 bridgehead atoms. The van der Waals surface area contributed by atoms with Crippen LogP contribution in [0, 0.1) is 0 Å². The summed E-state index contributed by atoms with van der Waals surface area (Å²) in [4.78, 5) is 9.64. The minimum absolute atomic E-state index is 0. The smallest absolute Gasteiger partial charge is 1.00 e. The summed E-state index contributed by atoms with van der Waals surface area (Å²) < 4.78 is 4.37. The zero-order valence-corrected chi connectivity index (χ0v) is 7.17. The molecule has 1 fully saturated rings. The van der Waals surface area contributed by atoms with Crippen LogP contribution < -0.4 is 51.4 Å². The first-order valence-electron chi connectivity index (χ1n) is 1.65. The fourth-order valence-electron chi connectivity index (χ4n) is 0.191. The number of rotatable bonds is 1. The van der Waals surface area contributed by atoms with Crippen LogP contribution in [-0.4, -0.2) is 23.8 Å². The van der Waals surface area contributed by atoms with E-state index in [0.29, 0.717) is 6.61 Å². The predicted octanol–water partition coefficient (Wildman–Crippen LogP) is -3.41. The molecule has 0 amide bonds. The van der Waals surface area contributed by atoms with E-state index in [-0.39, 0.29) is 52.8 Å². The largest absolute Gasteiger partial charge is 1.00 e. The van der Waals surface area contributed by atoms with Crippen LogP contribution in [0.1, 0.15) is 1.43 Å². The standard InChI is InChI=1S/C3H4O3.K.H/c4-3(5)2-1-6-2;;/h2H,1H2,(H,4,5);;/q;+1;-1/t2-;;/m0../s1. The number of hydrogen-bond donors (Lipinski definition) is 1. The van der Waals surface area contributed by atoms with Crippen molar-refractivity contribution in [3.63, 3.8) is 0 Å². The van der Waals surface area contributed by atoms with Gasteiger partial charge in [-0.2, -0.15) is 0 Å². The van der Waals surface area contributed by atoms with Crippen molar-refractivity contribution < 1.29 is 67.4 Å². The van der Waals surface area contributed by atoms with Crippen molar-refractivity contribution in [1.82, 2.24) is 0 Å². The molecule has 3 nitrogen and oxygen atoms in total. The van der Waals surface area contributed by atoms with Crippen LogP contribution >= 0.6 is 0 Å². The van der Waals surface area contributed by atoms with Gasteiger partial charge < -0.3 is 11.3 Å². The Hall–Kier alpha value is 1.07. The minimum Gasteiger partial charge on any atom is -1.00 e. The molecule has 1 heterocycles. The molecule has 0 radical (unpaired) electrons. The molecule has 0 aromatic rings. The van der Waals surface area contributed by atoms with Gasteiger partial charge in [0.25, 0.3) is 0 Å². The topological polar surface area (TPSA) is 49.8 Å². The Morgan fingerprint density at radius 2 is 2.43 bits per heavy atom. The van der Waals surface area contributed by atoms with Gasteiger partial charge in [-0.3, -0.25) is 0 Å². The van der Waals surface area contributed by atoms with E-state index in [1.54, 1.807) is 0 Å². The number of ether oxygens (including phenoxy) is 1. The molecule has 1 aliphatic heterocycles. The first kappa shape index (κ1) is 8.07. The summed E-state index contributed by atoms with van der Waals surface area (Å²) in [5.41, 5.74) is 0. The van der Waals surface area contributed by atoms with Crippen LogP contribution in [0.2, 0.25) is 0 Å². The van der Waals surface area contributed by atoms with Crippen molar-refractivity contribution in [2.75, 3.05) is 6.61 Å². The van der Waals surface area contributed by atoms with Gasteiger partial charge in [0.1, 0.15) is 0 Å². The van der Waals surface area contributed by atoms with Gasteiger partial charge in [0.15, 0.2) is 6.10 Å². The van der Waals surface area contributed by atoms with Crippen LogP contribution in [0.25, 0.3) is 0 Å². The Morgan fingerprint density at radius 3 is 2.43 bits per heavy atom. The molecule has 1 rings (SSSR count). The average molecular weight is 128 g/mol. The first-order valence-corrected chi connectivity index (χ1v) is 1.65. The number of aliphatic carboxylic acids is 1. The number of carbonyl (C=O) groups is 1. The monoisotopic (exact) mass is 128 g/mol. The molecule has 1 saturated heterocycles. The van der Waals surface area contributed by atoms with Crippen molar-refractivity contribution in [3.8, 4) is 0 Å². The van der Waals surface area contributed by atoms with Gasteiger partial charge in [-0.25, -0.2) is 4.79 Å². The van der Waals surface area contributed by atoms with Crippen LogP contribution in [0.15, 0.2) is 0 Å². The number of carboxylic acid groups (broad SMARTS) is 1. The zero-order valence-electron chi connectivity index (χ0n) is 5.05. The van der Waals surface area contributed by atoms with E-state index in [1.807, 2.05) is 0 Å². The van der Waals surface area contributed by atoms with Gasteiger partial charge in [-0.1, -0.05) is 0 Å². The summed E-state index contributed by atoms with van der Waals surface area (Å²) in [6.45, 7) is 0.398. The van der Waals surface area contributed by atoms with Crippen LogP contribution in [0.3, 0.4) is 0 Å². The van der Waals surface area contributed by atoms with Gasteiger partial charge in [0.05, 0.1) is 6.61 Å². The normalized spacial score (nSPS) is 25.4. The number of epoxide rings is 1. The summed E-state index contributed by atoms with van der Waals surface area (Å²) in [6, 6.07) is 0. The van der Waals surface area contributed by atoms with E-state index in [0.717, 1.165) is 0 Å². The van der Waals surface area contributed by atoms with Gasteiger partial charge in [-0.15, -0.1) is 0 Å². The van der Waals surface area contributed by atoms with Gasteiger partial charge >= 0.3 is 57.4 Å². The number of carboxylic acids is 1. The van der Waals surface area contributed by atoms with E-state index < -0.39 is 12.1 Å². The van der Waals surface area contributed by atoms with Gasteiger partial charge in [-0.05, 0) is 0 Å². The van der Waals surface area contributed by atoms with Gasteiger partial charge in [0.2, 0.25) is 0 Å². The Morgan fingerprint density at radius 1 is 2.00 bits per heavy atom. The summed E-state index contributed by atoms with van der Waals surface area (Å²) in [5.74, 6) is -0.852. The molecule has 7 heavy (non-hydrogen) atoms. The van der Waals surface area contributed by atoms with Gasteiger partial charge in [0, 0.05) is 0 Å². The third-order valence-electron chi connectivity index (χ3n) is 0.609. The fourth-order valence-corrected chi connectivity index (χ4v) is 0.191. The van der Waals surface area contributed by atoms with E-state index in [9.17, 15) is 4.79 Å². The van der Waals surface area contributed by atoms with Crippen molar-refractivity contribution in [2.24, 2.45) is 0 Å². The predicted molar refractivity (Wildman–Crippen MR) is 18.5 cm³/mol. The average Bonchev–Trinajstić information content (AvgIpc) is 2.06. The minimum atomic E-state index is -0.852. The Balaban J connectivity index is 0. The Labute approximate surface area is 84.9 Å². The molecule has 0 spiro atoms. The molecule has 36 valence electrons. The summed E-state index contributed by atoms with van der Waals surface area (Å²) >= 11 is 0. The quantitative estimate of drug-likeness (QED) is 0.295. The van der Waals surface area contributed by atoms with Crippen LogP contribution in [-0.2, 0) is 9.53 Å². The molecule has 0 saturated carbocycles. The third-order valence-corrected chi connectivity index (χ3v) is 0.609. The van der Waals surface area contributed by atoms with Crippen LogP contribution in [0.4, 0.5) is 0 Å². The van der Waals surface area contributed by atoms with Crippen LogP contribution in [0.5, 0.6) is 0 Å². The summed E-state index contributed by atoms with van der Waals surface area (Å²) in [6.07, 6.45) is -0.481. The fraction of sp³-hybridized carbons (Fsp3) is 0.667. The second-order valence-electron chi connectivity index (χ2n) is 1.16. The molecule has 1 N–H and O–H groups in total. The maximum absolute atomic E-state index is 9.64. The summed E-state index contributed by atoms with van der Waals surface area (Å²) in [5, 5.41) is 7.93. The molecule has 4 heteroatoms. The second kappa shape index (κ2) is 3.16. The SMILES string of the molecule is O=C(O)[C@@H]1CO1.[H-].[K+]. The molecule has 1 atom stereocenters. The van der Waals surface area contributed by atoms with E-state index >= 15 is 0 Å². The van der Waals surface area contributed by atoms with Crippen molar-refractivity contribution in [2.45, 2.75) is 6.10 Å². The molecular weight excluding hydrogens is 123 g/mol. The zero-order chi connectivity index (χ0) is 4.57.